The van der Waals surface area contributed by atoms with Gasteiger partial charge in [-0.25, -0.2) is 0 Å². The van der Waals surface area contributed by atoms with Crippen molar-refractivity contribution in [1.29, 1.82) is 0 Å². The van der Waals surface area contributed by atoms with Crippen LogP contribution in [-0.4, -0.2) is 35.7 Å². The van der Waals surface area contributed by atoms with Crippen LogP contribution in [0.1, 0.15) is 29.8 Å². The predicted octanol–water partition coefficient (Wildman–Crippen LogP) is 0.483. The number of methoxy groups -OCH3 is 1. The van der Waals surface area contributed by atoms with Crippen molar-refractivity contribution in [2.24, 2.45) is 0 Å². The highest BCUT2D eigenvalue weighted by molar-refractivity contribution is 5.92. The number of carbonyl (C=O) groups excluding carboxylic acids is 2. The number of unbranched alkanes of at least 4 members (excludes halogenated alkanes) is 1. The lowest BCUT2D eigenvalue weighted by Crippen LogP contribution is -2.24. The zero-order valence-electron chi connectivity index (χ0n) is 9.16. The van der Waals surface area contributed by atoms with Gasteiger partial charge in [0, 0.05) is 19.2 Å². The van der Waals surface area contributed by atoms with Gasteiger partial charge in [-0.3, -0.25) is 14.7 Å². The number of nitrogens with zero attached hydrogens (tertiary/aromatic N) is 1. The van der Waals surface area contributed by atoms with Gasteiger partial charge in [0.15, 0.2) is 0 Å². The molecule has 6 heteroatoms. The van der Waals surface area contributed by atoms with Crippen LogP contribution in [0.15, 0.2) is 12.3 Å². The molecule has 0 bridgehead atoms. The van der Waals surface area contributed by atoms with Gasteiger partial charge in [-0.05, 0) is 18.9 Å². The molecule has 0 saturated carbocycles. The van der Waals surface area contributed by atoms with E-state index < -0.39 is 0 Å². The summed E-state index contributed by atoms with van der Waals surface area (Å²) in [6.07, 6.45) is 3.35. The summed E-state index contributed by atoms with van der Waals surface area (Å²) in [6.45, 7) is 0.537. The van der Waals surface area contributed by atoms with E-state index in [2.05, 4.69) is 20.3 Å². The Hall–Kier alpha value is -1.85. The summed E-state index contributed by atoms with van der Waals surface area (Å²) < 4.78 is 4.50. The first-order chi connectivity index (χ1) is 7.74. The Balaban J connectivity index is 2.08. The Morgan fingerprint density at radius 1 is 1.50 bits per heavy atom. The van der Waals surface area contributed by atoms with Crippen LogP contribution in [0.5, 0.6) is 0 Å². The molecule has 1 amide bonds. The molecular formula is C10H15N3O3. The number of carbonyl (C=O) groups is 2. The number of ether oxygens (including phenoxy) is 1. The number of hydrogen-bond acceptors (Lipinski definition) is 4. The molecule has 1 rings (SSSR count). The summed E-state index contributed by atoms with van der Waals surface area (Å²) in [5, 5.41) is 8.96. The molecule has 0 spiro atoms. The van der Waals surface area contributed by atoms with Crippen LogP contribution in [-0.2, 0) is 9.53 Å². The number of nitrogens with one attached hydrogen (secondary N) is 2. The predicted molar refractivity (Wildman–Crippen MR) is 56.8 cm³/mol. The highest BCUT2D eigenvalue weighted by Gasteiger charge is 2.05. The van der Waals surface area contributed by atoms with Gasteiger partial charge in [-0.15, -0.1) is 0 Å². The van der Waals surface area contributed by atoms with Crippen LogP contribution in [0.2, 0.25) is 0 Å². The van der Waals surface area contributed by atoms with Gasteiger partial charge < -0.3 is 10.1 Å². The van der Waals surface area contributed by atoms with Gasteiger partial charge in [0.05, 0.1) is 7.11 Å². The minimum atomic E-state index is -0.222. The van der Waals surface area contributed by atoms with Gasteiger partial charge in [-0.1, -0.05) is 0 Å². The molecule has 2 N–H and O–H groups in total. The second-order valence-corrected chi connectivity index (χ2v) is 3.26. The fourth-order valence-electron chi connectivity index (χ4n) is 1.18. The second kappa shape index (κ2) is 6.60. The molecule has 0 saturated heterocycles. The molecule has 0 aliphatic carbocycles. The molecule has 0 radical (unpaired) electrons. The van der Waals surface area contributed by atoms with Crippen LogP contribution in [0.3, 0.4) is 0 Å². The van der Waals surface area contributed by atoms with Crippen LogP contribution in [0, 0.1) is 0 Å². The molecule has 16 heavy (non-hydrogen) atoms. The quantitative estimate of drug-likeness (QED) is 0.545. The van der Waals surface area contributed by atoms with Crippen LogP contribution in [0.4, 0.5) is 0 Å². The lowest BCUT2D eigenvalue weighted by atomic mass is 10.2. The maximum atomic E-state index is 11.4. The minimum absolute atomic E-state index is 0.185. The fourth-order valence-corrected chi connectivity index (χ4v) is 1.18. The summed E-state index contributed by atoms with van der Waals surface area (Å²) in [5.74, 6) is -0.407. The maximum absolute atomic E-state index is 11.4. The number of hydrogen-bond donors (Lipinski definition) is 2. The van der Waals surface area contributed by atoms with E-state index in [9.17, 15) is 9.59 Å². The molecule has 0 aliphatic rings. The molecule has 0 aromatic carbocycles. The lowest BCUT2D eigenvalue weighted by molar-refractivity contribution is -0.140. The van der Waals surface area contributed by atoms with Gasteiger partial charge >= 0.3 is 5.97 Å². The van der Waals surface area contributed by atoms with Crippen LogP contribution < -0.4 is 5.32 Å². The summed E-state index contributed by atoms with van der Waals surface area (Å²) in [5.41, 5.74) is 0.438. The number of aromatic amines is 1. The Labute approximate surface area is 93.4 Å². The van der Waals surface area contributed by atoms with Gasteiger partial charge in [0.2, 0.25) is 0 Å². The first-order valence-electron chi connectivity index (χ1n) is 5.08. The smallest absolute Gasteiger partial charge is 0.305 e. The van der Waals surface area contributed by atoms with E-state index in [-0.39, 0.29) is 11.9 Å². The highest BCUT2D eigenvalue weighted by atomic mass is 16.5. The molecule has 88 valence electrons. The van der Waals surface area contributed by atoms with E-state index in [0.29, 0.717) is 25.1 Å². The van der Waals surface area contributed by atoms with Crippen molar-refractivity contribution in [1.82, 2.24) is 15.5 Å². The van der Waals surface area contributed by atoms with Crippen molar-refractivity contribution in [3.63, 3.8) is 0 Å². The number of esters is 1. The van der Waals surface area contributed by atoms with E-state index in [0.717, 1.165) is 6.42 Å². The van der Waals surface area contributed by atoms with Crippen molar-refractivity contribution in [3.05, 3.63) is 18.0 Å². The third kappa shape index (κ3) is 4.12. The van der Waals surface area contributed by atoms with Crippen LogP contribution in [0.25, 0.3) is 0 Å². The van der Waals surface area contributed by atoms with E-state index >= 15 is 0 Å². The number of amides is 1. The Morgan fingerprint density at radius 2 is 2.31 bits per heavy atom. The van der Waals surface area contributed by atoms with Crippen molar-refractivity contribution in [2.45, 2.75) is 19.3 Å². The number of H-pyrrole nitrogens is 1. The first kappa shape index (κ1) is 12.2. The molecule has 1 aromatic heterocycles. The largest absolute Gasteiger partial charge is 0.469 e. The molecule has 1 aromatic rings. The second-order valence-electron chi connectivity index (χ2n) is 3.26. The molecule has 0 fully saturated rings. The fraction of sp³-hybridized carbons (Fsp3) is 0.500. The summed E-state index contributed by atoms with van der Waals surface area (Å²) in [4.78, 5) is 22.2. The number of aromatic nitrogens is 2. The minimum Gasteiger partial charge on any atom is -0.469 e. The summed E-state index contributed by atoms with van der Waals surface area (Å²) >= 11 is 0. The zero-order chi connectivity index (χ0) is 11.8. The molecule has 1 heterocycles. The molecule has 6 nitrogen and oxygen atoms in total. The number of rotatable bonds is 6. The van der Waals surface area contributed by atoms with Crippen molar-refractivity contribution < 1.29 is 14.3 Å². The molecule has 0 atom stereocenters. The van der Waals surface area contributed by atoms with E-state index in [4.69, 9.17) is 0 Å². The Kier molecular flexibility index (Phi) is 5.04. The standard InChI is InChI=1S/C10H15N3O3/c1-16-9(14)4-2-3-6-11-10(15)8-5-7-12-13-8/h5,7H,2-4,6H2,1H3,(H,11,15)(H,12,13). The summed E-state index contributed by atoms with van der Waals surface area (Å²) in [6, 6.07) is 1.60. The van der Waals surface area contributed by atoms with E-state index in [1.807, 2.05) is 0 Å². The van der Waals surface area contributed by atoms with Crippen molar-refractivity contribution >= 4 is 11.9 Å². The highest BCUT2D eigenvalue weighted by Crippen LogP contribution is 1.96. The maximum Gasteiger partial charge on any atom is 0.305 e. The average Bonchev–Trinajstić information content (AvgIpc) is 2.81. The molecule has 0 unspecified atom stereocenters. The topological polar surface area (TPSA) is 84.1 Å². The van der Waals surface area contributed by atoms with Crippen LogP contribution >= 0.6 is 0 Å². The summed E-state index contributed by atoms with van der Waals surface area (Å²) in [7, 11) is 1.36. The average molecular weight is 225 g/mol. The molecular weight excluding hydrogens is 210 g/mol. The Bertz CT molecular complexity index is 335. The van der Waals surface area contributed by atoms with Gasteiger partial charge in [0.25, 0.3) is 5.91 Å². The third-order valence-electron chi connectivity index (χ3n) is 2.07. The van der Waals surface area contributed by atoms with Crippen molar-refractivity contribution in [2.75, 3.05) is 13.7 Å². The first-order valence-corrected chi connectivity index (χ1v) is 5.08. The lowest BCUT2D eigenvalue weighted by Gasteiger charge is -2.02. The monoisotopic (exact) mass is 225 g/mol. The normalized spacial score (nSPS) is 9.81. The van der Waals surface area contributed by atoms with Gasteiger partial charge in [0.1, 0.15) is 5.69 Å². The third-order valence-corrected chi connectivity index (χ3v) is 2.07. The Morgan fingerprint density at radius 3 is 2.94 bits per heavy atom. The SMILES string of the molecule is COC(=O)CCCCNC(=O)c1ccn[nH]1. The van der Waals surface area contributed by atoms with Crippen molar-refractivity contribution in [3.8, 4) is 0 Å². The zero-order valence-corrected chi connectivity index (χ0v) is 9.16. The van der Waals surface area contributed by atoms with E-state index in [1.165, 1.54) is 13.3 Å². The molecule has 0 aliphatic heterocycles. The van der Waals surface area contributed by atoms with Gasteiger partial charge in [-0.2, -0.15) is 5.10 Å². The van der Waals surface area contributed by atoms with E-state index in [1.54, 1.807) is 6.07 Å².